The first-order chi connectivity index (χ1) is 4.33. The minimum atomic E-state index is 0.580. The summed E-state index contributed by atoms with van der Waals surface area (Å²) in [5, 5.41) is 1.37. The average Bonchev–Trinajstić information content (AvgIpc) is 2.17. The summed E-state index contributed by atoms with van der Waals surface area (Å²) in [5.74, 6) is 1.20. The van der Waals surface area contributed by atoms with Crippen LogP contribution in [-0.4, -0.2) is 16.8 Å². The molecule has 1 nitrogen and oxygen atoms in total. The van der Waals surface area contributed by atoms with Crippen molar-refractivity contribution in [3.05, 3.63) is 0 Å². The number of aliphatic imine (C=N–C) groups is 1. The molecule has 52 valence electrons. The molecule has 0 N–H and O–H groups in total. The van der Waals surface area contributed by atoms with E-state index < -0.39 is 0 Å². The second-order valence-corrected chi connectivity index (χ2v) is 3.53. The predicted octanol–water partition coefficient (Wildman–Crippen LogP) is 2.32. The molecule has 1 aliphatic heterocycles. The minimum absolute atomic E-state index is 0.580. The topological polar surface area (TPSA) is 12.4 Å². The molecule has 0 aromatic heterocycles. The van der Waals surface area contributed by atoms with E-state index >= 15 is 0 Å². The van der Waals surface area contributed by atoms with Crippen LogP contribution in [0.1, 0.15) is 26.7 Å². The highest BCUT2D eigenvalue weighted by atomic mass is 32.2. The fourth-order valence-electron chi connectivity index (χ4n) is 0.888. The molecule has 0 saturated heterocycles. The number of hydrogen-bond acceptors (Lipinski definition) is 2. The molecule has 1 atom stereocenters. The first-order valence-electron chi connectivity index (χ1n) is 3.52. The Morgan fingerprint density at radius 3 is 3.00 bits per heavy atom. The molecule has 1 heterocycles. The van der Waals surface area contributed by atoms with Crippen molar-refractivity contribution in [2.24, 2.45) is 4.99 Å². The summed E-state index contributed by atoms with van der Waals surface area (Å²) in [7, 11) is 0. The van der Waals surface area contributed by atoms with Gasteiger partial charge in [-0.3, -0.25) is 4.99 Å². The predicted molar refractivity (Wildman–Crippen MR) is 44.3 cm³/mol. The lowest BCUT2D eigenvalue weighted by molar-refractivity contribution is 0.857. The summed E-state index contributed by atoms with van der Waals surface area (Å²) in [6.45, 7) is 4.38. The van der Waals surface area contributed by atoms with Crippen LogP contribution in [0.15, 0.2) is 4.99 Å². The molecule has 0 fully saturated rings. The summed E-state index contributed by atoms with van der Waals surface area (Å²) in [5.41, 5.74) is 0. The molecule has 0 amide bonds. The Kier molecular flexibility index (Phi) is 2.58. The number of rotatable bonds is 2. The monoisotopic (exact) mass is 143 g/mol. The van der Waals surface area contributed by atoms with Crippen molar-refractivity contribution < 1.29 is 0 Å². The van der Waals surface area contributed by atoms with Gasteiger partial charge in [0.2, 0.25) is 0 Å². The van der Waals surface area contributed by atoms with E-state index in [0.29, 0.717) is 6.04 Å². The van der Waals surface area contributed by atoms with E-state index in [1.807, 2.05) is 11.8 Å². The lowest BCUT2D eigenvalue weighted by atomic mass is 10.3. The number of nitrogens with zero attached hydrogens (tertiary/aromatic N) is 1. The van der Waals surface area contributed by atoms with E-state index in [9.17, 15) is 0 Å². The van der Waals surface area contributed by atoms with E-state index in [0.717, 1.165) is 0 Å². The van der Waals surface area contributed by atoms with E-state index in [1.54, 1.807) is 0 Å². The average molecular weight is 143 g/mol. The van der Waals surface area contributed by atoms with Crippen LogP contribution < -0.4 is 0 Å². The lowest BCUT2D eigenvalue weighted by Crippen LogP contribution is -1.92. The molecule has 2 heteroatoms. The zero-order valence-corrected chi connectivity index (χ0v) is 6.87. The number of hydrogen-bond donors (Lipinski definition) is 0. The second kappa shape index (κ2) is 3.25. The molecule has 1 aliphatic rings. The molecule has 0 aliphatic carbocycles. The van der Waals surface area contributed by atoms with Crippen LogP contribution >= 0.6 is 11.8 Å². The molecule has 1 rings (SSSR count). The van der Waals surface area contributed by atoms with Crippen LogP contribution in [0.5, 0.6) is 0 Å². The Balaban J connectivity index is 2.33. The van der Waals surface area contributed by atoms with Gasteiger partial charge >= 0.3 is 0 Å². The zero-order chi connectivity index (χ0) is 6.69. The van der Waals surface area contributed by atoms with Crippen molar-refractivity contribution >= 4 is 16.8 Å². The normalized spacial score (nSPS) is 26.4. The zero-order valence-electron chi connectivity index (χ0n) is 6.05. The van der Waals surface area contributed by atoms with Crippen LogP contribution in [0.3, 0.4) is 0 Å². The van der Waals surface area contributed by atoms with Gasteiger partial charge in [0.1, 0.15) is 0 Å². The Morgan fingerprint density at radius 1 is 1.78 bits per heavy atom. The van der Waals surface area contributed by atoms with Gasteiger partial charge in [0, 0.05) is 5.75 Å². The van der Waals surface area contributed by atoms with Gasteiger partial charge in [0.15, 0.2) is 0 Å². The van der Waals surface area contributed by atoms with E-state index in [2.05, 4.69) is 18.8 Å². The first kappa shape index (κ1) is 7.13. The highest BCUT2D eigenvalue weighted by Crippen LogP contribution is 2.20. The summed E-state index contributed by atoms with van der Waals surface area (Å²) in [6, 6.07) is 0.580. The van der Waals surface area contributed by atoms with Gasteiger partial charge in [-0.1, -0.05) is 13.3 Å². The maximum atomic E-state index is 4.46. The van der Waals surface area contributed by atoms with Crippen LogP contribution in [-0.2, 0) is 0 Å². The van der Waals surface area contributed by atoms with Crippen LogP contribution in [0.4, 0.5) is 0 Å². The summed E-state index contributed by atoms with van der Waals surface area (Å²) in [6.07, 6.45) is 2.42. The first-order valence-corrected chi connectivity index (χ1v) is 4.51. The molecule has 0 spiro atoms. The second-order valence-electron chi connectivity index (χ2n) is 2.43. The standard InChI is InChI=1S/C7H13NS/c1-3-4-7-8-6(2)5-9-7/h6H,3-5H2,1-2H3/t6-/m0/s1. The molecule has 0 aromatic carbocycles. The lowest BCUT2D eigenvalue weighted by Gasteiger charge is -1.91. The fraction of sp³-hybridized carbons (Fsp3) is 0.857. The summed E-state index contributed by atoms with van der Waals surface area (Å²) in [4.78, 5) is 4.46. The van der Waals surface area contributed by atoms with Gasteiger partial charge < -0.3 is 0 Å². The van der Waals surface area contributed by atoms with E-state index in [-0.39, 0.29) is 0 Å². The summed E-state index contributed by atoms with van der Waals surface area (Å²) < 4.78 is 0. The highest BCUT2D eigenvalue weighted by molar-refractivity contribution is 8.14. The van der Waals surface area contributed by atoms with Crippen LogP contribution in [0, 0.1) is 0 Å². The Morgan fingerprint density at radius 2 is 2.56 bits per heavy atom. The maximum Gasteiger partial charge on any atom is 0.0680 e. The third kappa shape index (κ3) is 2.01. The van der Waals surface area contributed by atoms with Crippen molar-refractivity contribution in [1.29, 1.82) is 0 Å². The van der Waals surface area contributed by atoms with Crippen molar-refractivity contribution in [3.8, 4) is 0 Å². The summed E-state index contributed by atoms with van der Waals surface area (Å²) >= 11 is 1.93. The Bertz CT molecular complexity index is 120. The molecule has 0 radical (unpaired) electrons. The maximum absolute atomic E-state index is 4.46. The Hall–Kier alpha value is 0.0200. The Labute approximate surface area is 60.9 Å². The van der Waals surface area contributed by atoms with Gasteiger partial charge in [0.05, 0.1) is 11.1 Å². The molecule has 0 saturated carbocycles. The fourth-order valence-corrected chi connectivity index (χ4v) is 2.00. The van der Waals surface area contributed by atoms with Gasteiger partial charge in [-0.25, -0.2) is 0 Å². The SMILES string of the molecule is CCCC1=N[C@@H](C)CS1. The van der Waals surface area contributed by atoms with Crippen LogP contribution in [0.25, 0.3) is 0 Å². The van der Waals surface area contributed by atoms with Gasteiger partial charge in [0.25, 0.3) is 0 Å². The quantitative estimate of drug-likeness (QED) is 0.578. The third-order valence-electron chi connectivity index (χ3n) is 1.32. The van der Waals surface area contributed by atoms with Crippen LogP contribution in [0.2, 0.25) is 0 Å². The number of thioether (sulfide) groups is 1. The van der Waals surface area contributed by atoms with Gasteiger partial charge in [-0.05, 0) is 13.3 Å². The van der Waals surface area contributed by atoms with Crippen molar-refractivity contribution in [2.75, 3.05) is 5.75 Å². The molecule has 0 bridgehead atoms. The molecule has 0 aromatic rings. The minimum Gasteiger partial charge on any atom is -0.279 e. The molecular weight excluding hydrogens is 130 g/mol. The largest absolute Gasteiger partial charge is 0.279 e. The molecular formula is C7H13NS. The highest BCUT2D eigenvalue weighted by Gasteiger charge is 2.11. The molecule has 0 unspecified atom stereocenters. The molecule has 9 heavy (non-hydrogen) atoms. The van der Waals surface area contributed by atoms with E-state index in [1.165, 1.54) is 23.6 Å². The van der Waals surface area contributed by atoms with Crippen molar-refractivity contribution in [3.63, 3.8) is 0 Å². The van der Waals surface area contributed by atoms with Gasteiger partial charge in [-0.15, -0.1) is 11.8 Å². The van der Waals surface area contributed by atoms with Gasteiger partial charge in [-0.2, -0.15) is 0 Å². The van der Waals surface area contributed by atoms with Crippen molar-refractivity contribution in [2.45, 2.75) is 32.7 Å². The van der Waals surface area contributed by atoms with Crippen molar-refractivity contribution in [1.82, 2.24) is 0 Å². The third-order valence-corrected chi connectivity index (χ3v) is 2.61. The van der Waals surface area contributed by atoms with E-state index in [4.69, 9.17) is 0 Å². The smallest absolute Gasteiger partial charge is 0.0680 e.